The van der Waals surface area contributed by atoms with Crippen molar-refractivity contribution in [2.24, 2.45) is 0 Å². The van der Waals surface area contributed by atoms with E-state index in [0.717, 1.165) is 5.56 Å². The lowest BCUT2D eigenvalue weighted by Gasteiger charge is -2.43. The minimum Gasteiger partial charge on any atom is -0.444 e. The highest BCUT2D eigenvalue weighted by Crippen LogP contribution is 2.22. The zero-order chi connectivity index (χ0) is 25.8. The maximum absolute atomic E-state index is 12.9. The van der Waals surface area contributed by atoms with Crippen LogP contribution in [0.2, 0.25) is 0 Å². The van der Waals surface area contributed by atoms with Crippen molar-refractivity contribution in [1.29, 1.82) is 0 Å². The van der Waals surface area contributed by atoms with Crippen LogP contribution in [0.3, 0.4) is 0 Å². The number of anilines is 1. The summed E-state index contributed by atoms with van der Waals surface area (Å²) in [5.74, 6) is 0. The van der Waals surface area contributed by atoms with E-state index in [-0.39, 0.29) is 19.6 Å². The molecule has 3 rings (SSSR count). The first kappa shape index (κ1) is 26.3. The normalized spacial score (nSPS) is 17.6. The number of rotatable bonds is 5. The molecule has 0 bridgehead atoms. The van der Waals surface area contributed by atoms with Crippen molar-refractivity contribution in [3.63, 3.8) is 0 Å². The molecule has 10 nitrogen and oxygen atoms in total. The average molecular weight is 488 g/mol. The Balaban J connectivity index is 1.77. The molecular weight excluding hydrogens is 450 g/mol. The molecule has 1 fully saturated rings. The smallest absolute Gasteiger partial charge is 0.410 e. The SMILES string of the molecule is CC(C)(C)OC(=O)N1CCN(C(=O)OC(C)(C)C)C([C@@H](O)Nc2cccc(Cn3ccnc3)c2)C1. The van der Waals surface area contributed by atoms with Gasteiger partial charge in [-0.2, -0.15) is 0 Å². The molecule has 1 aliphatic rings. The second-order valence-corrected chi connectivity index (χ2v) is 10.7. The number of hydrogen-bond donors (Lipinski definition) is 2. The van der Waals surface area contributed by atoms with Crippen LogP contribution in [0.25, 0.3) is 0 Å². The second-order valence-electron chi connectivity index (χ2n) is 10.7. The molecule has 1 aromatic heterocycles. The molecule has 0 saturated carbocycles. The lowest BCUT2D eigenvalue weighted by molar-refractivity contribution is -0.0346. The number of aliphatic hydroxyl groups is 1. The van der Waals surface area contributed by atoms with Crippen LogP contribution in [0.15, 0.2) is 43.0 Å². The van der Waals surface area contributed by atoms with E-state index in [1.807, 2.05) is 35.0 Å². The van der Waals surface area contributed by atoms with Crippen LogP contribution in [0, 0.1) is 0 Å². The van der Waals surface area contributed by atoms with Crippen molar-refractivity contribution >= 4 is 17.9 Å². The molecule has 0 radical (unpaired) electrons. The number of benzene rings is 1. The van der Waals surface area contributed by atoms with Gasteiger partial charge in [0, 0.05) is 44.3 Å². The van der Waals surface area contributed by atoms with Crippen molar-refractivity contribution in [1.82, 2.24) is 19.4 Å². The molecule has 2 N–H and O–H groups in total. The first-order valence-corrected chi connectivity index (χ1v) is 11.8. The zero-order valence-electron chi connectivity index (χ0n) is 21.4. The summed E-state index contributed by atoms with van der Waals surface area (Å²) in [5, 5.41) is 14.3. The van der Waals surface area contributed by atoms with Crippen LogP contribution in [-0.2, 0) is 16.0 Å². The number of aromatic nitrogens is 2. The molecule has 0 spiro atoms. The van der Waals surface area contributed by atoms with Gasteiger partial charge in [-0.25, -0.2) is 14.6 Å². The van der Waals surface area contributed by atoms with Gasteiger partial charge in [-0.3, -0.25) is 4.90 Å². The molecule has 2 atom stereocenters. The summed E-state index contributed by atoms with van der Waals surface area (Å²) < 4.78 is 13.0. The Morgan fingerprint density at radius 2 is 1.80 bits per heavy atom. The summed E-state index contributed by atoms with van der Waals surface area (Å²) in [6, 6.07) is 6.89. The zero-order valence-corrected chi connectivity index (χ0v) is 21.4. The molecule has 2 heterocycles. The van der Waals surface area contributed by atoms with Crippen LogP contribution in [0.1, 0.15) is 47.1 Å². The molecule has 1 saturated heterocycles. The quantitative estimate of drug-likeness (QED) is 0.621. The van der Waals surface area contributed by atoms with Crippen LogP contribution in [-0.4, -0.2) is 79.8 Å². The van der Waals surface area contributed by atoms with Gasteiger partial charge in [0.25, 0.3) is 0 Å². The number of ether oxygens (including phenoxy) is 2. The number of amides is 2. The number of carbonyl (C=O) groups is 2. The second kappa shape index (κ2) is 10.6. The third-order valence-corrected chi connectivity index (χ3v) is 5.23. The largest absolute Gasteiger partial charge is 0.444 e. The van der Waals surface area contributed by atoms with E-state index in [0.29, 0.717) is 12.2 Å². The molecule has 192 valence electrons. The van der Waals surface area contributed by atoms with Crippen LogP contribution >= 0.6 is 0 Å². The number of nitrogens with one attached hydrogen (secondary N) is 1. The Bertz CT molecular complexity index is 996. The van der Waals surface area contributed by atoms with Gasteiger partial charge in [0.15, 0.2) is 0 Å². The van der Waals surface area contributed by atoms with E-state index in [1.54, 1.807) is 54.1 Å². The fourth-order valence-electron chi connectivity index (χ4n) is 3.74. The Labute approximate surface area is 206 Å². The van der Waals surface area contributed by atoms with Crippen molar-refractivity contribution in [2.75, 3.05) is 25.0 Å². The third-order valence-electron chi connectivity index (χ3n) is 5.23. The summed E-state index contributed by atoms with van der Waals surface area (Å²) in [7, 11) is 0. The number of imidazole rings is 1. The molecule has 2 amide bonds. The Morgan fingerprint density at radius 1 is 1.11 bits per heavy atom. The van der Waals surface area contributed by atoms with Crippen molar-refractivity contribution in [2.45, 2.75) is 71.6 Å². The predicted molar refractivity (Wildman–Crippen MR) is 132 cm³/mol. The van der Waals surface area contributed by atoms with E-state index in [2.05, 4.69) is 10.3 Å². The van der Waals surface area contributed by atoms with Crippen molar-refractivity contribution in [3.8, 4) is 0 Å². The van der Waals surface area contributed by atoms with Gasteiger partial charge >= 0.3 is 12.2 Å². The highest BCUT2D eigenvalue weighted by molar-refractivity contribution is 5.71. The summed E-state index contributed by atoms with van der Waals surface area (Å²) >= 11 is 0. The van der Waals surface area contributed by atoms with Crippen molar-refractivity contribution < 1.29 is 24.2 Å². The summed E-state index contributed by atoms with van der Waals surface area (Å²) in [6.45, 7) is 12.0. The highest BCUT2D eigenvalue weighted by atomic mass is 16.6. The average Bonchev–Trinajstić information content (AvgIpc) is 3.24. The lowest BCUT2D eigenvalue weighted by atomic mass is 10.1. The fraction of sp³-hybridized carbons (Fsp3) is 0.560. The molecule has 0 aliphatic carbocycles. The maximum Gasteiger partial charge on any atom is 0.410 e. The van der Waals surface area contributed by atoms with E-state index >= 15 is 0 Å². The van der Waals surface area contributed by atoms with E-state index in [1.165, 1.54) is 9.80 Å². The number of carbonyl (C=O) groups excluding carboxylic acids is 2. The van der Waals surface area contributed by atoms with E-state index in [4.69, 9.17) is 9.47 Å². The fourth-order valence-corrected chi connectivity index (χ4v) is 3.74. The first-order valence-electron chi connectivity index (χ1n) is 11.8. The molecule has 2 aromatic rings. The minimum absolute atomic E-state index is 0.0943. The Kier molecular flexibility index (Phi) is 7.94. The summed E-state index contributed by atoms with van der Waals surface area (Å²) in [4.78, 5) is 32.7. The summed E-state index contributed by atoms with van der Waals surface area (Å²) in [6.07, 6.45) is 3.15. The number of nitrogens with zero attached hydrogens (tertiary/aromatic N) is 4. The number of hydrogen-bond acceptors (Lipinski definition) is 7. The molecule has 1 aliphatic heterocycles. The maximum atomic E-state index is 12.9. The van der Waals surface area contributed by atoms with Crippen LogP contribution in [0.4, 0.5) is 15.3 Å². The topological polar surface area (TPSA) is 109 Å². The molecule has 35 heavy (non-hydrogen) atoms. The number of aliphatic hydroxyl groups excluding tert-OH is 1. The van der Waals surface area contributed by atoms with Crippen LogP contribution < -0.4 is 5.32 Å². The van der Waals surface area contributed by atoms with Crippen molar-refractivity contribution in [3.05, 3.63) is 48.5 Å². The van der Waals surface area contributed by atoms with Gasteiger partial charge in [-0.1, -0.05) is 12.1 Å². The first-order chi connectivity index (χ1) is 16.3. The van der Waals surface area contributed by atoms with Gasteiger partial charge in [0.2, 0.25) is 0 Å². The predicted octanol–water partition coefficient (Wildman–Crippen LogP) is 3.52. The third kappa shape index (κ3) is 7.88. The monoisotopic (exact) mass is 487 g/mol. The Morgan fingerprint density at radius 3 is 2.43 bits per heavy atom. The lowest BCUT2D eigenvalue weighted by Crippen LogP contribution is -2.62. The van der Waals surface area contributed by atoms with Gasteiger partial charge in [0.1, 0.15) is 17.4 Å². The van der Waals surface area contributed by atoms with Gasteiger partial charge in [-0.15, -0.1) is 0 Å². The van der Waals surface area contributed by atoms with Gasteiger partial charge in [0.05, 0.1) is 12.4 Å². The molecule has 10 heteroatoms. The molecular formula is C25H37N5O5. The highest BCUT2D eigenvalue weighted by Gasteiger charge is 2.40. The van der Waals surface area contributed by atoms with Gasteiger partial charge in [-0.05, 0) is 59.2 Å². The van der Waals surface area contributed by atoms with Gasteiger partial charge < -0.3 is 29.4 Å². The molecule has 1 unspecified atom stereocenters. The Hall–Kier alpha value is -3.27. The van der Waals surface area contributed by atoms with Crippen LogP contribution in [0.5, 0.6) is 0 Å². The summed E-state index contributed by atoms with van der Waals surface area (Å²) in [5.41, 5.74) is 0.364. The van der Waals surface area contributed by atoms with E-state index in [9.17, 15) is 14.7 Å². The molecule has 1 aromatic carbocycles. The number of piperazine rings is 1. The standard InChI is InChI=1S/C25H37N5O5/c1-24(2,3)34-22(32)29-12-13-30(23(33)35-25(4,5)6)20(16-29)21(31)27-19-9-7-8-18(14-19)15-28-11-10-26-17-28/h7-11,14,17,20-21,27,31H,12-13,15-16H2,1-6H3/t20?,21-/m1/s1. The minimum atomic E-state index is -1.16. The van der Waals surface area contributed by atoms with E-state index < -0.39 is 35.7 Å².